The Labute approximate surface area is 103 Å². The van der Waals surface area contributed by atoms with E-state index in [1.54, 1.807) is 6.20 Å². The standard InChI is InChI=1S/C12H14BrNO2/c13-10-5-4-9(8-14-10)12(11(15)16)6-2-1-3-7-12/h4-5,8H,1-3,6-7H2,(H,15,16). The minimum Gasteiger partial charge on any atom is -0.481 e. The lowest BCUT2D eigenvalue weighted by atomic mass is 9.70. The second-order valence-corrected chi connectivity index (χ2v) is 5.13. The lowest BCUT2D eigenvalue weighted by molar-refractivity contribution is -0.145. The first-order valence-corrected chi connectivity index (χ1v) is 6.30. The molecular formula is C12H14BrNO2. The van der Waals surface area contributed by atoms with E-state index in [1.165, 1.54) is 0 Å². The van der Waals surface area contributed by atoms with Crippen LogP contribution in [0.1, 0.15) is 37.7 Å². The van der Waals surface area contributed by atoms with E-state index < -0.39 is 11.4 Å². The second-order valence-electron chi connectivity index (χ2n) is 4.32. The Balaban J connectivity index is 2.38. The number of aliphatic carboxylic acids is 1. The monoisotopic (exact) mass is 283 g/mol. The summed E-state index contributed by atoms with van der Waals surface area (Å²) in [6, 6.07) is 3.69. The van der Waals surface area contributed by atoms with Gasteiger partial charge in [-0.1, -0.05) is 25.3 Å². The Kier molecular flexibility index (Phi) is 3.28. The SMILES string of the molecule is O=C(O)C1(c2ccc(Br)nc2)CCCCC1. The molecule has 0 unspecified atom stereocenters. The number of halogens is 1. The van der Waals surface area contributed by atoms with Gasteiger partial charge in [0, 0.05) is 6.20 Å². The Morgan fingerprint density at radius 3 is 2.50 bits per heavy atom. The van der Waals surface area contributed by atoms with Gasteiger partial charge in [0.15, 0.2) is 0 Å². The van der Waals surface area contributed by atoms with Crippen molar-refractivity contribution in [1.82, 2.24) is 4.98 Å². The smallest absolute Gasteiger partial charge is 0.314 e. The number of nitrogens with zero attached hydrogens (tertiary/aromatic N) is 1. The van der Waals surface area contributed by atoms with Crippen molar-refractivity contribution in [3.63, 3.8) is 0 Å². The van der Waals surface area contributed by atoms with E-state index in [4.69, 9.17) is 0 Å². The molecule has 4 heteroatoms. The summed E-state index contributed by atoms with van der Waals surface area (Å²) in [5.74, 6) is -0.712. The molecule has 0 atom stereocenters. The Hall–Kier alpha value is -0.900. The van der Waals surface area contributed by atoms with Crippen molar-refractivity contribution in [2.24, 2.45) is 0 Å². The molecule has 1 aromatic rings. The van der Waals surface area contributed by atoms with E-state index >= 15 is 0 Å². The predicted molar refractivity (Wildman–Crippen MR) is 64.3 cm³/mol. The van der Waals surface area contributed by atoms with Crippen LogP contribution in [0, 0.1) is 0 Å². The number of carboxylic acid groups (broad SMARTS) is 1. The van der Waals surface area contributed by atoms with E-state index in [0.717, 1.165) is 42.3 Å². The van der Waals surface area contributed by atoms with Crippen LogP contribution in [0.3, 0.4) is 0 Å². The lowest BCUT2D eigenvalue weighted by Gasteiger charge is -2.33. The van der Waals surface area contributed by atoms with Crippen molar-refractivity contribution in [1.29, 1.82) is 0 Å². The maximum absolute atomic E-state index is 11.5. The zero-order valence-electron chi connectivity index (χ0n) is 8.95. The molecule has 0 aliphatic heterocycles. The van der Waals surface area contributed by atoms with Crippen LogP contribution in [-0.4, -0.2) is 16.1 Å². The summed E-state index contributed by atoms with van der Waals surface area (Å²) >= 11 is 3.27. The van der Waals surface area contributed by atoms with Crippen LogP contribution in [0.5, 0.6) is 0 Å². The molecule has 1 N–H and O–H groups in total. The van der Waals surface area contributed by atoms with E-state index in [0.29, 0.717) is 0 Å². The van der Waals surface area contributed by atoms with Gasteiger partial charge in [0.25, 0.3) is 0 Å². The van der Waals surface area contributed by atoms with Crippen LogP contribution in [0.2, 0.25) is 0 Å². The molecule has 1 aliphatic rings. The van der Waals surface area contributed by atoms with Crippen molar-refractivity contribution >= 4 is 21.9 Å². The van der Waals surface area contributed by atoms with Gasteiger partial charge in [-0.2, -0.15) is 0 Å². The molecule has 1 heterocycles. The Morgan fingerprint density at radius 1 is 1.31 bits per heavy atom. The average Bonchev–Trinajstić information content (AvgIpc) is 2.30. The van der Waals surface area contributed by atoms with Gasteiger partial charge < -0.3 is 5.11 Å². The summed E-state index contributed by atoms with van der Waals surface area (Å²) in [5, 5.41) is 9.47. The molecule has 16 heavy (non-hydrogen) atoms. The van der Waals surface area contributed by atoms with Crippen molar-refractivity contribution < 1.29 is 9.90 Å². The molecule has 86 valence electrons. The Morgan fingerprint density at radius 2 is 2.00 bits per heavy atom. The number of rotatable bonds is 2. The molecule has 1 saturated carbocycles. The highest BCUT2D eigenvalue weighted by molar-refractivity contribution is 9.10. The molecule has 0 spiro atoms. The topological polar surface area (TPSA) is 50.2 Å². The molecular weight excluding hydrogens is 270 g/mol. The largest absolute Gasteiger partial charge is 0.481 e. The normalized spacial score (nSPS) is 19.3. The highest BCUT2D eigenvalue weighted by Gasteiger charge is 2.41. The van der Waals surface area contributed by atoms with Crippen molar-refractivity contribution in [3.05, 3.63) is 28.5 Å². The molecule has 0 saturated heterocycles. The van der Waals surface area contributed by atoms with Crippen LogP contribution in [-0.2, 0) is 10.2 Å². The number of pyridine rings is 1. The maximum Gasteiger partial charge on any atom is 0.314 e. The van der Waals surface area contributed by atoms with E-state index in [2.05, 4.69) is 20.9 Å². The van der Waals surface area contributed by atoms with Crippen molar-refractivity contribution in [2.45, 2.75) is 37.5 Å². The third-order valence-electron chi connectivity index (χ3n) is 3.40. The number of aromatic nitrogens is 1. The van der Waals surface area contributed by atoms with Crippen LogP contribution in [0.15, 0.2) is 22.9 Å². The van der Waals surface area contributed by atoms with Crippen molar-refractivity contribution in [3.8, 4) is 0 Å². The van der Waals surface area contributed by atoms with Crippen LogP contribution < -0.4 is 0 Å². The van der Waals surface area contributed by atoms with Gasteiger partial charge in [0.2, 0.25) is 0 Å². The molecule has 1 aromatic heterocycles. The average molecular weight is 284 g/mol. The molecule has 2 rings (SSSR count). The summed E-state index contributed by atoms with van der Waals surface area (Å²) < 4.78 is 0.743. The number of hydrogen-bond donors (Lipinski definition) is 1. The van der Waals surface area contributed by atoms with Gasteiger partial charge >= 0.3 is 5.97 Å². The number of carbonyl (C=O) groups is 1. The summed E-state index contributed by atoms with van der Waals surface area (Å²) in [4.78, 5) is 15.7. The first kappa shape index (κ1) is 11.6. The first-order chi connectivity index (χ1) is 7.65. The summed E-state index contributed by atoms with van der Waals surface area (Å²) in [5.41, 5.74) is 0.134. The summed E-state index contributed by atoms with van der Waals surface area (Å²) in [6.45, 7) is 0. The molecule has 1 fully saturated rings. The quantitative estimate of drug-likeness (QED) is 0.849. The third kappa shape index (κ3) is 1.98. The van der Waals surface area contributed by atoms with Gasteiger partial charge in [-0.15, -0.1) is 0 Å². The van der Waals surface area contributed by atoms with E-state index in [9.17, 15) is 9.90 Å². The molecule has 0 bridgehead atoms. The van der Waals surface area contributed by atoms with Crippen molar-refractivity contribution in [2.75, 3.05) is 0 Å². The summed E-state index contributed by atoms with van der Waals surface area (Å²) in [7, 11) is 0. The van der Waals surface area contributed by atoms with E-state index in [1.807, 2.05) is 12.1 Å². The van der Waals surface area contributed by atoms with Crippen LogP contribution in [0.4, 0.5) is 0 Å². The van der Waals surface area contributed by atoms with Crippen LogP contribution in [0.25, 0.3) is 0 Å². The fraction of sp³-hybridized carbons (Fsp3) is 0.500. The van der Waals surface area contributed by atoms with Crippen LogP contribution >= 0.6 is 15.9 Å². The lowest BCUT2D eigenvalue weighted by Crippen LogP contribution is -2.37. The minimum atomic E-state index is -0.712. The van der Waals surface area contributed by atoms with Gasteiger partial charge in [-0.05, 0) is 40.4 Å². The summed E-state index contributed by atoms with van der Waals surface area (Å²) in [6.07, 6.45) is 6.25. The zero-order chi connectivity index (χ0) is 11.6. The molecule has 0 aromatic carbocycles. The van der Waals surface area contributed by atoms with E-state index in [-0.39, 0.29) is 0 Å². The predicted octanol–water partition coefficient (Wildman–Crippen LogP) is 3.13. The third-order valence-corrected chi connectivity index (χ3v) is 3.87. The molecule has 1 aliphatic carbocycles. The number of carboxylic acids is 1. The van der Waals surface area contributed by atoms with Gasteiger partial charge in [-0.3, -0.25) is 4.79 Å². The van der Waals surface area contributed by atoms with Gasteiger partial charge in [0.05, 0.1) is 5.41 Å². The first-order valence-electron chi connectivity index (χ1n) is 5.50. The zero-order valence-corrected chi connectivity index (χ0v) is 10.5. The Bertz CT molecular complexity index is 383. The molecule has 3 nitrogen and oxygen atoms in total. The highest BCUT2D eigenvalue weighted by Crippen LogP contribution is 2.39. The fourth-order valence-electron chi connectivity index (χ4n) is 2.44. The number of hydrogen-bond acceptors (Lipinski definition) is 2. The molecule has 0 radical (unpaired) electrons. The van der Waals surface area contributed by atoms with Gasteiger partial charge in [-0.25, -0.2) is 4.98 Å². The minimum absolute atomic E-state index is 0.702. The maximum atomic E-state index is 11.5. The second kappa shape index (κ2) is 4.53. The molecule has 0 amide bonds. The highest BCUT2D eigenvalue weighted by atomic mass is 79.9. The fourth-order valence-corrected chi connectivity index (χ4v) is 2.67. The van der Waals surface area contributed by atoms with Gasteiger partial charge in [0.1, 0.15) is 4.60 Å².